The van der Waals surface area contributed by atoms with E-state index < -0.39 is 0 Å². The monoisotopic (exact) mass is 226 g/mol. The van der Waals surface area contributed by atoms with Crippen molar-refractivity contribution in [2.45, 2.75) is 25.8 Å². The molecule has 0 radical (unpaired) electrons. The lowest BCUT2D eigenvalue weighted by Crippen LogP contribution is -2.12. The Bertz CT molecular complexity index is 465. The third-order valence-electron chi connectivity index (χ3n) is 3.03. The summed E-state index contributed by atoms with van der Waals surface area (Å²) in [4.78, 5) is 4.31. The molecule has 0 saturated heterocycles. The maximum absolute atomic E-state index is 6.22. The zero-order chi connectivity index (χ0) is 12.1. The van der Waals surface area contributed by atoms with Crippen LogP contribution in [0.1, 0.15) is 29.3 Å². The standard InChI is InChI=1S/C15H18N2/c1-12-6-2-3-8-14(12)15(16)10-9-13-7-4-5-11-17-13/h2-8,11,15H,9-10,16H2,1H3. The number of aryl methyl sites for hydroxylation is 2. The molecule has 1 unspecified atom stereocenters. The van der Waals surface area contributed by atoms with Crippen LogP contribution < -0.4 is 5.73 Å². The second kappa shape index (κ2) is 5.60. The van der Waals surface area contributed by atoms with Crippen LogP contribution in [-0.2, 0) is 6.42 Å². The summed E-state index contributed by atoms with van der Waals surface area (Å²) in [7, 11) is 0. The maximum atomic E-state index is 6.22. The largest absolute Gasteiger partial charge is 0.324 e. The second-order valence-electron chi connectivity index (χ2n) is 4.32. The van der Waals surface area contributed by atoms with E-state index in [-0.39, 0.29) is 6.04 Å². The van der Waals surface area contributed by atoms with E-state index in [0.29, 0.717) is 0 Å². The Morgan fingerprint density at radius 2 is 1.88 bits per heavy atom. The molecule has 2 nitrogen and oxygen atoms in total. The van der Waals surface area contributed by atoms with E-state index in [2.05, 4.69) is 24.0 Å². The highest BCUT2D eigenvalue weighted by molar-refractivity contribution is 5.28. The lowest BCUT2D eigenvalue weighted by Gasteiger charge is -2.14. The summed E-state index contributed by atoms with van der Waals surface area (Å²) >= 11 is 0. The number of hydrogen-bond acceptors (Lipinski definition) is 2. The SMILES string of the molecule is Cc1ccccc1C(N)CCc1ccccn1. The highest BCUT2D eigenvalue weighted by Crippen LogP contribution is 2.19. The molecule has 2 rings (SSSR count). The van der Waals surface area contributed by atoms with Crippen molar-refractivity contribution in [1.29, 1.82) is 0 Å². The second-order valence-corrected chi connectivity index (χ2v) is 4.32. The van der Waals surface area contributed by atoms with E-state index in [1.54, 1.807) is 0 Å². The normalized spacial score (nSPS) is 12.4. The number of rotatable bonds is 4. The molecule has 2 aromatic rings. The van der Waals surface area contributed by atoms with Gasteiger partial charge in [-0.15, -0.1) is 0 Å². The lowest BCUT2D eigenvalue weighted by molar-refractivity contribution is 0.641. The van der Waals surface area contributed by atoms with Gasteiger partial charge in [0.25, 0.3) is 0 Å². The van der Waals surface area contributed by atoms with Crippen molar-refractivity contribution in [1.82, 2.24) is 4.98 Å². The van der Waals surface area contributed by atoms with Crippen molar-refractivity contribution in [3.05, 3.63) is 65.5 Å². The molecule has 0 aliphatic carbocycles. The molecule has 1 aromatic carbocycles. The zero-order valence-corrected chi connectivity index (χ0v) is 10.1. The van der Waals surface area contributed by atoms with Crippen LogP contribution in [-0.4, -0.2) is 4.98 Å². The van der Waals surface area contributed by atoms with Gasteiger partial charge >= 0.3 is 0 Å². The topological polar surface area (TPSA) is 38.9 Å². The molecule has 0 aliphatic rings. The molecule has 1 heterocycles. The van der Waals surface area contributed by atoms with Gasteiger partial charge in [-0.2, -0.15) is 0 Å². The van der Waals surface area contributed by atoms with Gasteiger partial charge in [0, 0.05) is 17.9 Å². The van der Waals surface area contributed by atoms with Crippen LogP contribution in [0.5, 0.6) is 0 Å². The smallest absolute Gasteiger partial charge is 0.0404 e. The number of nitrogens with two attached hydrogens (primary N) is 1. The van der Waals surface area contributed by atoms with Crippen LogP contribution in [0.15, 0.2) is 48.7 Å². The fraction of sp³-hybridized carbons (Fsp3) is 0.267. The Labute approximate surface area is 103 Å². The van der Waals surface area contributed by atoms with Crippen molar-refractivity contribution in [3.63, 3.8) is 0 Å². The van der Waals surface area contributed by atoms with Crippen molar-refractivity contribution < 1.29 is 0 Å². The molecule has 0 bridgehead atoms. The van der Waals surface area contributed by atoms with Gasteiger partial charge in [-0.1, -0.05) is 30.3 Å². The lowest BCUT2D eigenvalue weighted by atomic mass is 9.97. The zero-order valence-electron chi connectivity index (χ0n) is 10.1. The fourth-order valence-corrected chi connectivity index (χ4v) is 2.01. The first-order valence-corrected chi connectivity index (χ1v) is 5.98. The molecule has 17 heavy (non-hydrogen) atoms. The number of aromatic nitrogens is 1. The summed E-state index contributed by atoms with van der Waals surface area (Å²) in [5.74, 6) is 0. The molecule has 0 aliphatic heterocycles. The van der Waals surface area contributed by atoms with Crippen molar-refractivity contribution in [2.75, 3.05) is 0 Å². The molecule has 0 spiro atoms. The molecule has 0 saturated carbocycles. The average Bonchev–Trinajstić information content (AvgIpc) is 2.38. The molecule has 1 aromatic heterocycles. The Morgan fingerprint density at radius 3 is 2.59 bits per heavy atom. The minimum absolute atomic E-state index is 0.0956. The van der Waals surface area contributed by atoms with Crippen LogP contribution in [0, 0.1) is 6.92 Å². The first-order chi connectivity index (χ1) is 8.27. The molecule has 0 amide bonds. The number of benzene rings is 1. The van der Waals surface area contributed by atoms with E-state index >= 15 is 0 Å². The molecular weight excluding hydrogens is 208 g/mol. The molecule has 1 atom stereocenters. The summed E-state index contributed by atoms with van der Waals surface area (Å²) < 4.78 is 0. The number of nitrogens with zero attached hydrogens (tertiary/aromatic N) is 1. The predicted octanol–water partition coefficient (Wildman–Crippen LogP) is 3.02. The predicted molar refractivity (Wildman–Crippen MR) is 70.7 cm³/mol. The summed E-state index contributed by atoms with van der Waals surface area (Å²) in [6.45, 7) is 2.11. The highest BCUT2D eigenvalue weighted by Gasteiger charge is 2.08. The van der Waals surface area contributed by atoms with Gasteiger partial charge in [0.2, 0.25) is 0 Å². The van der Waals surface area contributed by atoms with Gasteiger partial charge in [-0.3, -0.25) is 4.98 Å². The Morgan fingerprint density at radius 1 is 1.12 bits per heavy atom. The number of hydrogen-bond donors (Lipinski definition) is 1. The van der Waals surface area contributed by atoms with E-state index in [1.165, 1.54) is 11.1 Å². The number of pyridine rings is 1. The Hall–Kier alpha value is -1.67. The molecule has 2 heteroatoms. The van der Waals surface area contributed by atoms with Crippen LogP contribution in [0.2, 0.25) is 0 Å². The van der Waals surface area contributed by atoms with E-state index in [4.69, 9.17) is 5.73 Å². The van der Waals surface area contributed by atoms with Gasteiger partial charge in [0.15, 0.2) is 0 Å². The first-order valence-electron chi connectivity index (χ1n) is 5.98. The van der Waals surface area contributed by atoms with Crippen molar-refractivity contribution >= 4 is 0 Å². The minimum atomic E-state index is 0.0956. The van der Waals surface area contributed by atoms with Gasteiger partial charge in [0.1, 0.15) is 0 Å². The van der Waals surface area contributed by atoms with Gasteiger partial charge in [-0.05, 0) is 43.0 Å². The quantitative estimate of drug-likeness (QED) is 0.870. The Kier molecular flexibility index (Phi) is 3.89. The van der Waals surface area contributed by atoms with Gasteiger partial charge in [0.05, 0.1) is 0 Å². The summed E-state index contributed by atoms with van der Waals surface area (Å²) in [6.07, 6.45) is 3.69. The first kappa shape index (κ1) is 11.8. The van der Waals surface area contributed by atoms with Crippen molar-refractivity contribution in [2.24, 2.45) is 5.73 Å². The third-order valence-corrected chi connectivity index (χ3v) is 3.03. The van der Waals surface area contributed by atoms with Crippen LogP contribution >= 0.6 is 0 Å². The summed E-state index contributed by atoms with van der Waals surface area (Å²) in [5.41, 5.74) is 9.83. The van der Waals surface area contributed by atoms with Crippen molar-refractivity contribution in [3.8, 4) is 0 Å². The third kappa shape index (κ3) is 3.14. The van der Waals surface area contributed by atoms with E-state index in [9.17, 15) is 0 Å². The molecule has 88 valence electrons. The fourth-order valence-electron chi connectivity index (χ4n) is 2.01. The molecule has 0 fully saturated rings. The average molecular weight is 226 g/mol. The van der Waals surface area contributed by atoms with Crippen LogP contribution in [0.3, 0.4) is 0 Å². The summed E-state index contributed by atoms with van der Waals surface area (Å²) in [6, 6.07) is 14.4. The summed E-state index contributed by atoms with van der Waals surface area (Å²) in [5, 5.41) is 0. The van der Waals surface area contributed by atoms with Gasteiger partial charge < -0.3 is 5.73 Å². The van der Waals surface area contributed by atoms with E-state index in [1.807, 2.05) is 36.5 Å². The van der Waals surface area contributed by atoms with E-state index in [0.717, 1.165) is 18.5 Å². The molecule has 2 N–H and O–H groups in total. The van der Waals surface area contributed by atoms with Gasteiger partial charge in [-0.25, -0.2) is 0 Å². The maximum Gasteiger partial charge on any atom is 0.0404 e. The van der Waals surface area contributed by atoms with Crippen LogP contribution in [0.4, 0.5) is 0 Å². The highest BCUT2D eigenvalue weighted by atomic mass is 14.7. The minimum Gasteiger partial charge on any atom is -0.324 e. The Balaban J connectivity index is 1.99. The van der Waals surface area contributed by atoms with Crippen LogP contribution in [0.25, 0.3) is 0 Å². The molecular formula is C15H18N2.